The zero-order chi connectivity index (χ0) is 10.2. The Morgan fingerprint density at radius 3 is 2.40 bits per heavy atom. The number of aromatic nitrogens is 2. The Kier molecular flexibility index (Phi) is 8.49. The van der Waals surface area contributed by atoms with Crippen LogP contribution in [0.5, 0.6) is 0 Å². The molecule has 0 unspecified atom stereocenters. The lowest BCUT2D eigenvalue weighted by molar-refractivity contribution is -0.677. The fourth-order valence-electron chi connectivity index (χ4n) is 1.76. The van der Waals surface area contributed by atoms with Crippen molar-refractivity contribution in [2.45, 2.75) is 51.9 Å². The van der Waals surface area contributed by atoms with E-state index in [0.29, 0.717) is 0 Å². The third-order valence-corrected chi connectivity index (χ3v) is 2.74. The molecule has 0 saturated heterocycles. The largest absolute Gasteiger partial charge is 1.00 e. The number of H-pyrrole nitrogens is 1. The quantitative estimate of drug-likeness (QED) is 0.492. The van der Waals surface area contributed by atoms with Crippen molar-refractivity contribution >= 4 is 0 Å². The number of nitrogens with one attached hydrogen (secondary N) is 1. The molecule has 0 atom stereocenters. The molecule has 1 aromatic rings. The maximum absolute atomic E-state index is 3.27. The van der Waals surface area contributed by atoms with Gasteiger partial charge in [-0.2, -0.15) is 0 Å². The highest BCUT2D eigenvalue weighted by atomic mass is 35.5. The summed E-state index contributed by atoms with van der Waals surface area (Å²) in [5.74, 6) is 1.35. The van der Waals surface area contributed by atoms with Crippen molar-refractivity contribution in [1.82, 2.24) is 4.98 Å². The Labute approximate surface area is 99.5 Å². The molecule has 1 N–H and O–H groups in total. The Balaban J connectivity index is 0.00000196. The summed E-state index contributed by atoms with van der Waals surface area (Å²) in [5.41, 5.74) is 0. The van der Waals surface area contributed by atoms with E-state index >= 15 is 0 Å². The van der Waals surface area contributed by atoms with Crippen molar-refractivity contribution < 1.29 is 17.0 Å². The molecular weight excluding hydrogens is 208 g/mol. The second-order valence-corrected chi connectivity index (χ2v) is 4.04. The van der Waals surface area contributed by atoms with E-state index in [1.165, 1.54) is 50.8 Å². The average Bonchev–Trinajstić information content (AvgIpc) is 2.58. The summed E-state index contributed by atoms with van der Waals surface area (Å²) in [6, 6.07) is 0. The summed E-state index contributed by atoms with van der Waals surface area (Å²) in [4.78, 5) is 3.27. The molecule has 0 radical (unpaired) electrons. The van der Waals surface area contributed by atoms with Crippen LogP contribution in [-0.4, -0.2) is 4.98 Å². The summed E-state index contributed by atoms with van der Waals surface area (Å²) >= 11 is 0. The third kappa shape index (κ3) is 5.83. The van der Waals surface area contributed by atoms with E-state index in [1.807, 2.05) is 6.20 Å². The van der Waals surface area contributed by atoms with Crippen LogP contribution in [0.4, 0.5) is 0 Å². The first kappa shape index (κ1) is 14.5. The molecule has 1 aromatic heterocycles. The molecule has 0 amide bonds. The van der Waals surface area contributed by atoms with E-state index in [9.17, 15) is 0 Å². The van der Waals surface area contributed by atoms with Gasteiger partial charge < -0.3 is 12.4 Å². The molecule has 0 saturated carbocycles. The van der Waals surface area contributed by atoms with Gasteiger partial charge in [0.15, 0.2) is 0 Å². The molecule has 0 bridgehead atoms. The number of halogens is 1. The lowest BCUT2D eigenvalue weighted by Crippen LogP contribution is -3.00. The molecule has 3 heteroatoms. The highest BCUT2D eigenvalue weighted by molar-refractivity contribution is 4.76. The fourth-order valence-corrected chi connectivity index (χ4v) is 1.76. The molecule has 0 aliphatic heterocycles. The molecule has 0 spiro atoms. The van der Waals surface area contributed by atoms with Gasteiger partial charge in [0.05, 0.1) is 7.05 Å². The fraction of sp³-hybridized carbons (Fsp3) is 0.750. The van der Waals surface area contributed by atoms with Gasteiger partial charge in [-0.05, 0) is 6.42 Å². The molecule has 1 heterocycles. The van der Waals surface area contributed by atoms with E-state index in [0.717, 1.165) is 0 Å². The van der Waals surface area contributed by atoms with Crippen LogP contribution in [0.3, 0.4) is 0 Å². The average molecular weight is 231 g/mol. The van der Waals surface area contributed by atoms with Gasteiger partial charge in [0.1, 0.15) is 12.4 Å². The zero-order valence-electron chi connectivity index (χ0n) is 9.93. The SMILES string of the molecule is CCCCCCCCc1[nH]cc[n+]1C.[Cl-]. The van der Waals surface area contributed by atoms with Crippen LogP contribution >= 0.6 is 0 Å². The molecule has 88 valence electrons. The van der Waals surface area contributed by atoms with E-state index in [-0.39, 0.29) is 12.4 Å². The molecule has 0 fully saturated rings. The lowest BCUT2D eigenvalue weighted by atomic mass is 10.1. The summed E-state index contributed by atoms with van der Waals surface area (Å²) in [5, 5.41) is 0. The summed E-state index contributed by atoms with van der Waals surface area (Å²) in [6.45, 7) is 2.26. The summed E-state index contributed by atoms with van der Waals surface area (Å²) < 4.78 is 2.17. The Bertz CT molecular complexity index is 246. The van der Waals surface area contributed by atoms with Crippen LogP contribution in [0, 0.1) is 0 Å². The number of aromatic amines is 1. The Morgan fingerprint density at radius 1 is 1.13 bits per heavy atom. The predicted octanol–water partition coefficient (Wildman–Crippen LogP) is -0.254. The normalized spacial score (nSPS) is 10.0. The highest BCUT2D eigenvalue weighted by Gasteiger charge is 2.04. The van der Waals surface area contributed by atoms with Crippen LogP contribution in [0.1, 0.15) is 51.3 Å². The number of hydrogen-bond donors (Lipinski definition) is 1. The van der Waals surface area contributed by atoms with Crippen molar-refractivity contribution in [3.05, 3.63) is 18.2 Å². The van der Waals surface area contributed by atoms with Gasteiger partial charge in [0.2, 0.25) is 0 Å². The molecule has 0 aliphatic carbocycles. The second-order valence-electron chi connectivity index (χ2n) is 4.04. The Hall–Kier alpha value is -0.500. The zero-order valence-corrected chi connectivity index (χ0v) is 10.7. The number of imidazole rings is 1. The van der Waals surface area contributed by atoms with Gasteiger partial charge in [-0.15, -0.1) is 0 Å². The number of aryl methyl sites for hydroxylation is 2. The first-order valence-corrected chi connectivity index (χ1v) is 5.86. The smallest absolute Gasteiger partial charge is 0.253 e. The monoisotopic (exact) mass is 230 g/mol. The standard InChI is InChI=1S/C12H22N2.ClH/c1-3-4-5-6-7-8-9-12-13-10-11-14(12)2;/h10-11H,3-9H2,1-2H3;1H. The van der Waals surface area contributed by atoms with Crippen molar-refractivity contribution in [2.24, 2.45) is 7.05 Å². The maximum atomic E-state index is 3.27. The predicted molar refractivity (Wildman–Crippen MR) is 59.0 cm³/mol. The Morgan fingerprint density at radius 2 is 1.80 bits per heavy atom. The minimum Gasteiger partial charge on any atom is -1.00 e. The van der Waals surface area contributed by atoms with Gasteiger partial charge in [0, 0.05) is 6.42 Å². The minimum atomic E-state index is 0. The first-order valence-electron chi connectivity index (χ1n) is 5.86. The summed E-state index contributed by atoms with van der Waals surface area (Å²) in [7, 11) is 2.10. The highest BCUT2D eigenvalue weighted by Crippen LogP contribution is 2.06. The van der Waals surface area contributed by atoms with E-state index in [1.54, 1.807) is 0 Å². The lowest BCUT2D eigenvalue weighted by Gasteiger charge is -1.98. The van der Waals surface area contributed by atoms with Gasteiger partial charge in [0.25, 0.3) is 5.82 Å². The number of unbranched alkanes of at least 4 members (excludes halogenated alkanes) is 5. The molecule has 0 aromatic carbocycles. The van der Waals surface area contributed by atoms with Crippen molar-refractivity contribution in [3.8, 4) is 0 Å². The van der Waals surface area contributed by atoms with Crippen LogP contribution < -0.4 is 17.0 Å². The topological polar surface area (TPSA) is 19.7 Å². The van der Waals surface area contributed by atoms with E-state index in [2.05, 4.69) is 29.7 Å². The van der Waals surface area contributed by atoms with Crippen LogP contribution in [0.15, 0.2) is 12.4 Å². The molecule has 0 aliphatic rings. The number of hydrogen-bond acceptors (Lipinski definition) is 0. The number of nitrogens with zero attached hydrogens (tertiary/aromatic N) is 1. The van der Waals surface area contributed by atoms with Crippen LogP contribution in [0.2, 0.25) is 0 Å². The van der Waals surface area contributed by atoms with Crippen LogP contribution in [-0.2, 0) is 13.5 Å². The van der Waals surface area contributed by atoms with Gasteiger partial charge >= 0.3 is 0 Å². The van der Waals surface area contributed by atoms with Gasteiger partial charge in [-0.25, -0.2) is 9.55 Å². The van der Waals surface area contributed by atoms with Crippen molar-refractivity contribution in [3.63, 3.8) is 0 Å². The molecule has 1 rings (SSSR count). The number of rotatable bonds is 7. The third-order valence-electron chi connectivity index (χ3n) is 2.74. The van der Waals surface area contributed by atoms with Crippen molar-refractivity contribution in [1.29, 1.82) is 0 Å². The second kappa shape index (κ2) is 8.78. The van der Waals surface area contributed by atoms with Crippen LogP contribution in [0.25, 0.3) is 0 Å². The van der Waals surface area contributed by atoms with E-state index in [4.69, 9.17) is 0 Å². The first-order chi connectivity index (χ1) is 6.84. The maximum Gasteiger partial charge on any atom is 0.253 e. The minimum absolute atomic E-state index is 0. The van der Waals surface area contributed by atoms with Crippen molar-refractivity contribution in [2.75, 3.05) is 0 Å². The molecular formula is C12H23ClN2. The summed E-state index contributed by atoms with van der Waals surface area (Å²) in [6.07, 6.45) is 13.5. The van der Waals surface area contributed by atoms with E-state index < -0.39 is 0 Å². The molecule has 15 heavy (non-hydrogen) atoms. The van der Waals surface area contributed by atoms with Gasteiger partial charge in [-0.3, -0.25) is 0 Å². The molecule has 2 nitrogen and oxygen atoms in total. The van der Waals surface area contributed by atoms with Gasteiger partial charge in [-0.1, -0.05) is 39.0 Å².